The van der Waals surface area contributed by atoms with Crippen LogP contribution in [0.4, 0.5) is 0 Å². The lowest BCUT2D eigenvalue weighted by Crippen LogP contribution is -1.99. The van der Waals surface area contributed by atoms with Crippen molar-refractivity contribution in [3.8, 4) is 11.1 Å². The lowest BCUT2D eigenvalue weighted by molar-refractivity contribution is 0.109. The van der Waals surface area contributed by atoms with Gasteiger partial charge in [0.25, 0.3) is 0 Å². The van der Waals surface area contributed by atoms with Crippen molar-refractivity contribution >= 4 is 25.1 Å². The Bertz CT molecular complexity index is 640. The highest BCUT2D eigenvalue weighted by molar-refractivity contribution is 6.03. The molecule has 0 radical (unpaired) electrons. The summed E-state index contributed by atoms with van der Waals surface area (Å²) in [6.07, 6.45) is 2.30. The van der Waals surface area contributed by atoms with Crippen LogP contribution in [0.5, 0.6) is 0 Å². The topological polar surface area (TPSA) is 68.3 Å². The Labute approximate surface area is 115 Å². The fourth-order valence-electron chi connectivity index (χ4n) is 2.10. The summed E-state index contributed by atoms with van der Waals surface area (Å²) in [4.78, 5) is 44.4. The van der Waals surface area contributed by atoms with Crippen LogP contribution in [0.25, 0.3) is 11.1 Å². The Kier molecular flexibility index (Phi) is 3.96. The van der Waals surface area contributed by atoms with Crippen LogP contribution >= 0.6 is 0 Å². The molecule has 20 heavy (non-hydrogen) atoms. The molecule has 2 rings (SSSR count). The molecule has 0 saturated heterocycles. The van der Waals surface area contributed by atoms with Gasteiger partial charge in [-0.05, 0) is 11.1 Å². The maximum Gasteiger partial charge on any atom is 0.151 e. The molecule has 0 aromatic heterocycles. The average Bonchev–Trinajstić information content (AvgIpc) is 2.52. The van der Waals surface area contributed by atoms with Crippen LogP contribution in [-0.4, -0.2) is 25.1 Å². The average molecular weight is 266 g/mol. The quantitative estimate of drug-likeness (QED) is 0.780. The minimum absolute atomic E-state index is 0.202. The zero-order chi connectivity index (χ0) is 14.5. The molecule has 0 aliphatic heterocycles. The highest BCUT2D eigenvalue weighted by Crippen LogP contribution is 2.28. The summed E-state index contributed by atoms with van der Waals surface area (Å²) in [6.45, 7) is 0. The normalized spacial score (nSPS) is 9.80. The van der Waals surface area contributed by atoms with Gasteiger partial charge in [-0.25, -0.2) is 0 Å². The number of aldehydes is 4. The number of benzene rings is 2. The van der Waals surface area contributed by atoms with E-state index in [1.807, 2.05) is 0 Å². The molecule has 0 heterocycles. The van der Waals surface area contributed by atoms with E-state index in [1.54, 1.807) is 24.3 Å². The molecule has 98 valence electrons. The van der Waals surface area contributed by atoms with Crippen LogP contribution in [-0.2, 0) is 0 Å². The summed E-state index contributed by atoms with van der Waals surface area (Å²) in [6, 6.07) is 9.54. The predicted octanol–water partition coefficient (Wildman–Crippen LogP) is 2.60. The number of hydrogen-bond donors (Lipinski definition) is 0. The molecule has 4 heteroatoms. The zero-order valence-corrected chi connectivity index (χ0v) is 10.4. The van der Waals surface area contributed by atoms with Gasteiger partial charge in [0, 0.05) is 22.3 Å². The molecule has 0 aliphatic rings. The monoisotopic (exact) mass is 266 g/mol. The van der Waals surface area contributed by atoms with E-state index in [1.165, 1.54) is 12.1 Å². The van der Waals surface area contributed by atoms with Gasteiger partial charge in [0.2, 0.25) is 0 Å². The zero-order valence-electron chi connectivity index (χ0n) is 10.4. The lowest BCUT2D eigenvalue weighted by atomic mass is 9.91. The van der Waals surface area contributed by atoms with Crippen molar-refractivity contribution in [3.05, 3.63) is 58.7 Å². The second kappa shape index (κ2) is 5.84. The fourth-order valence-corrected chi connectivity index (χ4v) is 2.10. The van der Waals surface area contributed by atoms with Gasteiger partial charge >= 0.3 is 0 Å². The maximum atomic E-state index is 11.2. The van der Waals surface area contributed by atoms with E-state index >= 15 is 0 Å². The third-order valence-electron chi connectivity index (χ3n) is 3.06. The molecule has 2 aromatic rings. The molecule has 4 nitrogen and oxygen atoms in total. The molecule has 2 aromatic carbocycles. The predicted molar refractivity (Wildman–Crippen MR) is 73.4 cm³/mol. The second-order valence-electron chi connectivity index (χ2n) is 4.09. The first kappa shape index (κ1) is 13.5. The van der Waals surface area contributed by atoms with Crippen molar-refractivity contribution in [3.63, 3.8) is 0 Å². The molecule has 0 atom stereocenters. The molecule has 0 N–H and O–H groups in total. The summed E-state index contributed by atoms with van der Waals surface area (Å²) in [7, 11) is 0. The number of hydrogen-bond acceptors (Lipinski definition) is 4. The first-order chi connectivity index (χ1) is 9.76. The van der Waals surface area contributed by atoms with Gasteiger partial charge in [0.15, 0.2) is 25.1 Å². The third kappa shape index (κ3) is 2.19. The van der Waals surface area contributed by atoms with Crippen molar-refractivity contribution in [2.24, 2.45) is 0 Å². The molecule has 0 fully saturated rings. The fraction of sp³-hybridized carbons (Fsp3) is 0. The Morgan fingerprint density at radius 3 is 1.25 bits per heavy atom. The standard InChI is InChI=1S/C16H10O4/c17-7-11-3-1-5-13(15(11)9-19)14-6-2-4-12(8-18)16(14)10-20/h1-10H. The summed E-state index contributed by atoms with van der Waals surface area (Å²) in [5.41, 5.74) is 1.80. The minimum Gasteiger partial charge on any atom is -0.298 e. The van der Waals surface area contributed by atoms with Crippen LogP contribution in [0.2, 0.25) is 0 Å². The Hall–Kier alpha value is -2.88. The smallest absolute Gasteiger partial charge is 0.151 e. The van der Waals surface area contributed by atoms with Gasteiger partial charge < -0.3 is 0 Å². The first-order valence-corrected chi connectivity index (χ1v) is 5.84. The van der Waals surface area contributed by atoms with Gasteiger partial charge in [-0.3, -0.25) is 19.2 Å². The van der Waals surface area contributed by atoms with Crippen molar-refractivity contribution in [1.29, 1.82) is 0 Å². The maximum absolute atomic E-state index is 11.2. The molecular weight excluding hydrogens is 256 g/mol. The molecule has 0 unspecified atom stereocenters. The number of rotatable bonds is 5. The molecule has 0 bridgehead atoms. The van der Waals surface area contributed by atoms with Crippen LogP contribution < -0.4 is 0 Å². The summed E-state index contributed by atoms with van der Waals surface area (Å²) >= 11 is 0. The van der Waals surface area contributed by atoms with Crippen molar-refractivity contribution in [1.82, 2.24) is 0 Å². The lowest BCUT2D eigenvalue weighted by Gasteiger charge is -2.10. The number of carbonyl (C=O) groups excluding carboxylic acids is 4. The van der Waals surface area contributed by atoms with Gasteiger partial charge in [0.1, 0.15) is 0 Å². The molecule has 0 saturated carbocycles. The van der Waals surface area contributed by atoms with Crippen molar-refractivity contribution in [2.75, 3.05) is 0 Å². The van der Waals surface area contributed by atoms with E-state index in [9.17, 15) is 19.2 Å². The van der Waals surface area contributed by atoms with Crippen molar-refractivity contribution in [2.45, 2.75) is 0 Å². The Morgan fingerprint density at radius 2 is 0.950 bits per heavy atom. The third-order valence-corrected chi connectivity index (χ3v) is 3.06. The van der Waals surface area contributed by atoms with Gasteiger partial charge in [0.05, 0.1) is 0 Å². The Balaban J connectivity index is 2.81. The van der Waals surface area contributed by atoms with E-state index in [2.05, 4.69) is 0 Å². The van der Waals surface area contributed by atoms with Gasteiger partial charge in [-0.2, -0.15) is 0 Å². The highest BCUT2D eigenvalue weighted by Gasteiger charge is 2.14. The Morgan fingerprint density at radius 1 is 0.550 bits per heavy atom. The summed E-state index contributed by atoms with van der Waals surface area (Å²) in [5.74, 6) is 0. The second-order valence-corrected chi connectivity index (χ2v) is 4.09. The van der Waals surface area contributed by atoms with Crippen molar-refractivity contribution < 1.29 is 19.2 Å². The van der Waals surface area contributed by atoms with Crippen LogP contribution in [0.1, 0.15) is 41.4 Å². The summed E-state index contributed by atoms with van der Waals surface area (Å²) in [5, 5.41) is 0. The SMILES string of the molecule is O=Cc1cccc(-c2cccc(C=O)c2C=O)c1C=O. The number of carbonyl (C=O) groups is 4. The van der Waals surface area contributed by atoms with Gasteiger partial charge in [-0.15, -0.1) is 0 Å². The molecule has 0 spiro atoms. The minimum atomic E-state index is 0.202. The van der Waals surface area contributed by atoms with Crippen LogP contribution in [0.15, 0.2) is 36.4 Å². The van der Waals surface area contributed by atoms with E-state index < -0.39 is 0 Å². The first-order valence-electron chi connectivity index (χ1n) is 5.84. The van der Waals surface area contributed by atoms with Crippen LogP contribution in [0, 0.1) is 0 Å². The molecule has 0 amide bonds. The van der Waals surface area contributed by atoms with Gasteiger partial charge in [-0.1, -0.05) is 36.4 Å². The molecule has 0 aliphatic carbocycles. The van der Waals surface area contributed by atoms with E-state index in [0.717, 1.165) is 0 Å². The van der Waals surface area contributed by atoms with E-state index in [-0.39, 0.29) is 22.3 Å². The van der Waals surface area contributed by atoms with Crippen LogP contribution in [0.3, 0.4) is 0 Å². The largest absolute Gasteiger partial charge is 0.298 e. The van der Waals surface area contributed by atoms with E-state index in [4.69, 9.17) is 0 Å². The molecular formula is C16H10O4. The highest BCUT2D eigenvalue weighted by atomic mass is 16.1. The van der Waals surface area contributed by atoms with E-state index in [0.29, 0.717) is 36.3 Å². The summed E-state index contributed by atoms with van der Waals surface area (Å²) < 4.78 is 0.